The second kappa shape index (κ2) is 5.83. The SMILES string of the molecule is COC(=O)Cc1csc(NCc2cn(C)nc2C)n1. The summed E-state index contributed by atoms with van der Waals surface area (Å²) in [6.07, 6.45) is 2.19. The molecule has 0 aliphatic heterocycles. The second-order valence-corrected chi connectivity index (χ2v) is 5.02. The van der Waals surface area contributed by atoms with E-state index in [0.717, 1.165) is 22.1 Å². The van der Waals surface area contributed by atoms with Crippen LogP contribution in [0.4, 0.5) is 5.13 Å². The summed E-state index contributed by atoms with van der Waals surface area (Å²) in [5.41, 5.74) is 2.86. The van der Waals surface area contributed by atoms with Crippen molar-refractivity contribution in [2.75, 3.05) is 12.4 Å². The lowest BCUT2D eigenvalue weighted by atomic mass is 10.3. The first-order valence-corrected chi connectivity index (χ1v) is 6.70. The molecule has 0 spiro atoms. The van der Waals surface area contributed by atoms with Crippen molar-refractivity contribution in [3.05, 3.63) is 28.5 Å². The van der Waals surface area contributed by atoms with E-state index in [1.54, 1.807) is 4.68 Å². The van der Waals surface area contributed by atoms with E-state index in [1.165, 1.54) is 18.4 Å². The molecule has 102 valence electrons. The molecule has 0 saturated carbocycles. The molecule has 19 heavy (non-hydrogen) atoms. The molecule has 2 heterocycles. The molecule has 0 amide bonds. The molecule has 6 nitrogen and oxygen atoms in total. The quantitative estimate of drug-likeness (QED) is 0.841. The number of rotatable bonds is 5. The van der Waals surface area contributed by atoms with Crippen molar-refractivity contribution in [1.82, 2.24) is 14.8 Å². The van der Waals surface area contributed by atoms with Gasteiger partial charge in [0.1, 0.15) is 0 Å². The van der Waals surface area contributed by atoms with Crippen LogP contribution in [0.15, 0.2) is 11.6 Å². The van der Waals surface area contributed by atoms with Gasteiger partial charge in [-0.05, 0) is 6.92 Å². The third-order valence-corrected chi connectivity index (χ3v) is 3.50. The number of carbonyl (C=O) groups excluding carboxylic acids is 1. The van der Waals surface area contributed by atoms with E-state index in [0.29, 0.717) is 6.54 Å². The molecule has 2 aromatic heterocycles. The molecule has 7 heteroatoms. The Labute approximate surface area is 115 Å². The van der Waals surface area contributed by atoms with E-state index in [4.69, 9.17) is 0 Å². The molecular weight excluding hydrogens is 264 g/mol. The Hall–Kier alpha value is -1.89. The summed E-state index contributed by atoms with van der Waals surface area (Å²) in [4.78, 5) is 15.5. The van der Waals surface area contributed by atoms with Gasteiger partial charge in [-0.3, -0.25) is 9.48 Å². The predicted molar refractivity (Wildman–Crippen MR) is 73.1 cm³/mol. The summed E-state index contributed by atoms with van der Waals surface area (Å²) < 4.78 is 6.39. The molecule has 0 aliphatic carbocycles. The van der Waals surface area contributed by atoms with Crippen molar-refractivity contribution in [3.63, 3.8) is 0 Å². The zero-order valence-electron chi connectivity index (χ0n) is 11.1. The number of aromatic nitrogens is 3. The third kappa shape index (κ3) is 3.54. The Bertz CT molecular complexity index is 576. The van der Waals surface area contributed by atoms with E-state index in [9.17, 15) is 4.79 Å². The van der Waals surface area contributed by atoms with Gasteiger partial charge in [-0.15, -0.1) is 11.3 Å². The van der Waals surface area contributed by atoms with Crippen LogP contribution in [0.25, 0.3) is 0 Å². The van der Waals surface area contributed by atoms with Gasteiger partial charge in [0.25, 0.3) is 0 Å². The largest absolute Gasteiger partial charge is 0.469 e. The van der Waals surface area contributed by atoms with Crippen LogP contribution in [-0.4, -0.2) is 27.8 Å². The minimum atomic E-state index is -0.278. The standard InChI is InChI=1S/C12H16N4O2S/c1-8-9(6-16(2)15-8)5-13-12-14-10(7-19-12)4-11(17)18-3/h6-7H,4-5H2,1-3H3,(H,13,14). The van der Waals surface area contributed by atoms with Gasteiger partial charge in [-0.1, -0.05) is 0 Å². The van der Waals surface area contributed by atoms with Gasteiger partial charge in [0, 0.05) is 30.7 Å². The maximum atomic E-state index is 11.1. The van der Waals surface area contributed by atoms with Crippen molar-refractivity contribution in [1.29, 1.82) is 0 Å². The van der Waals surface area contributed by atoms with E-state index in [-0.39, 0.29) is 12.4 Å². The first-order valence-electron chi connectivity index (χ1n) is 5.82. The Morgan fingerprint density at radius 3 is 3.00 bits per heavy atom. The molecule has 0 unspecified atom stereocenters. The minimum absolute atomic E-state index is 0.209. The van der Waals surface area contributed by atoms with Crippen LogP contribution < -0.4 is 5.32 Å². The number of hydrogen-bond acceptors (Lipinski definition) is 6. The molecule has 0 saturated heterocycles. The number of anilines is 1. The highest BCUT2D eigenvalue weighted by molar-refractivity contribution is 7.13. The third-order valence-electron chi connectivity index (χ3n) is 2.65. The number of carbonyl (C=O) groups is 1. The molecule has 2 aromatic rings. The Morgan fingerprint density at radius 1 is 1.58 bits per heavy atom. The predicted octanol–water partition coefficient (Wildman–Crippen LogP) is 1.51. The molecule has 0 radical (unpaired) electrons. The smallest absolute Gasteiger partial charge is 0.311 e. The Balaban J connectivity index is 1.93. The summed E-state index contributed by atoms with van der Waals surface area (Å²) in [6, 6.07) is 0. The van der Waals surface area contributed by atoms with Crippen LogP contribution in [0, 0.1) is 6.92 Å². The maximum absolute atomic E-state index is 11.1. The van der Waals surface area contributed by atoms with Crippen LogP contribution in [0.1, 0.15) is 17.0 Å². The van der Waals surface area contributed by atoms with Crippen LogP contribution >= 0.6 is 11.3 Å². The molecule has 0 aliphatic rings. The Kier molecular flexibility index (Phi) is 4.16. The van der Waals surface area contributed by atoms with Crippen LogP contribution in [0.2, 0.25) is 0 Å². The highest BCUT2D eigenvalue weighted by Crippen LogP contribution is 2.17. The lowest BCUT2D eigenvalue weighted by molar-refractivity contribution is -0.139. The van der Waals surface area contributed by atoms with Crippen LogP contribution in [0.5, 0.6) is 0 Å². The normalized spacial score (nSPS) is 10.5. The monoisotopic (exact) mass is 280 g/mol. The second-order valence-electron chi connectivity index (χ2n) is 4.16. The summed E-state index contributed by atoms with van der Waals surface area (Å²) in [5, 5.41) is 10.2. The number of thiazole rings is 1. The molecule has 1 N–H and O–H groups in total. The highest BCUT2D eigenvalue weighted by Gasteiger charge is 2.08. The fraction of sp³-hybridized carbons (Fsp3) is 0.417. The number of nitrogens with one attached hydrogen (secondary N) is 1. The van der Waals surface area contributed by atoms with Crippen molar-refractivity contribution < 1.29 is 9.53 Å². The van der Waals surface area contributed by atoms with Gasteiger partial charge in [-0.2, -0.15) is 5.10 Å². The first-order chi connectivity index (χ1) is 9.08. The summed E-state index contributed by atoms with van der Waals surface area (Å²) in [6.45, 7) is 2.65. The fourth-order valence-electron chi connectivity index (χ4n) is 1.68. The number of methoxy groups -OCH3 is 1. The van der Waals surface area contributed by atoms with Gasteiger partial charge in [0.2, 0.25) is 0 Å². The van der Waals surface area contributed by atoms with E-state index < -0.39 is 0 Å². The highest BCUT2D eigenvalue weighted by atomic mass is 32.1. The first kappa shape index (κ1) is 13.5. The van der Waals surface area contributed by atoms with E-state index >= 15 is 0 Å². The topological polar surface area (TPSA) is 69.0 Å². The molecule has 0 bridgehead atoms. The molecule has 0 aromatic carbocycles. The number of hydrogen-bond donors (Lipinski definition) is 1. The van der Waals surface area contributed by atoms with E-state index in [1.807, 2.05) is 25.5 Å². The number of aryl methyl sites for hydroxylation is 2. The van der Waals surface area contributed by atoms with Gasteiger partial charge in [-0.25, -0.2) is 4.98 Å². The van der Waals surface area contributed by atoms with Gasteiger partial charge in [0.15, 0.2) is 5.13 Å². The van der Waals surface area contributed by atoms with Crippen molar-refractivity contribution >= 4 is 22.4 Å². The fourth-order valence-corrected chi connectivity index (χ4v) is 2.39. The van der Waals surface area contributed by atoms with Gasteiger partial charge in [0.05, 0.1) is 24.9 Å². The number of esters is 1. The molecule has 0 fully saturated rings. The molecule has 2 rings (SSSR count). The minimum Gasteiger partial charge on any atom is -0.469 e. The molecular formula is C12H16N4O2S. The van der Waals surface area contributed by atoms with Gasteiger partial charge < -0.3 is 10.1 Å². The number of ether oxygens (including phenoxy) is 1. The van der Waals surface area contributed by atoms with Crippen molar-refractivity contribution in [2.24, 2.45) is 7.05 Å². The summed E-state index contributed by atoms with van der Waals surface area (Å²) in [7, 11) is 3.27. The zero-order chi connectivity index (χ0) is 13.8. The van der Waals surface area contributed by atoms with E-state index in [2.05, 4.69) is 20.1 Å². The average molecular weight is 280 g/mol. The average Bonchev–Trinajstić information content (AvgIpc) is 2.93. The lowest BCUT2D eigenvalue weighted by Gasteiger charge is -2.00. The molecule has 0 atom stereocenters. The lowest BCUT2D eigenvalue weighted by Crippen LogP contribution is -2.05. The summed E-state index contributed by atoms with van der Waals surface area (Å²) >= 11 is 1.48. The zero-order valence-corrected chi connectivity index (χ0v) is 12.0. The van der Waals surface area contributed by atoms with Crippen LogP contribution in [0.3, 0.4) is 0 Å². The van der Waals surface area contributed by atoms with Crippen molar-refractivity contribution in [2.45, 2.75) is 19.9 Å². The number of nitrogens with zero attached hydrogens (tertiary/aromatic N) is 3. The van der Waals surface area contributed by atoms with Crippen molar-refractivity contribution in [3.8, 4) is 0 Å². The summed E-state index contributed by atoms with van der Waals surface area (Å²) in [5.74, 6) is -0.278. The van der Waals surface area contributed by atoms with Gasteiger partial charge >= 0.3 is 5.97 Å². The maximum Gasteiger partial charge on any atom is 0.311 e. The van der Waals surface area contributed by atoms with Crippen LogP contribution in [-0.2, 0) is 29.5 Å². The Morgan fingerprint density at radius 2 is 2.37 bits per heavy atom.